The number of ketones is 1. The van der Waals surface area contributed by atoms with Crippen molar-refractivity contribution in [1.29, 1.82) is 0 Å². The molecule has 0 amide bonds. The van der Waals surface area contributed by atoms with Gasteiger partial charge >= 0.3 is 0 Å². The van der Waals surface area contributed by atoms with Crippen molar-refractivity contribution in [2.24, 2.45) is 0 Å². The molecule has 1 aliphatic rings. The standard InChI is InChI=1S/C11H17NO/c1-3-7-12(8-4-2)10-5-6-11(13)9-10/h3,9H,1,4-8H2,2H3. The Balaban J connectivity index is 2.58. The first kappa shape index (κ1) is 10.0. The van der Waals surface area contributed by atoms with Crippen LogP contribution in [-0.4, -0.2) is 23.8 Å². The summed E-state index contributed by atoms with van der Waals surface area (Å²) in [5.41, 5.74) is 1.19. The third-order valence-electron chi connectivity index (χ3n) is 2.20. The molecule has 0 saturated carbocycles. The van der Waals surface area contributed by atoms with Crippen LogP contribution in [0.2, 0.25) is 0 Å². The number of allylic oxidation sites excluding steroid dienone is 2. The van der Waals surface area contributed by atoms with Crippen LogP contribution in [0.1, 0.15) is 26.2 Å². The fourth-order valence-corrected chi connectivity index (χ4v) is 1.61. The summed E-state index contributed by atoms with van der Waals surface area (Å²) < 4.78 is 0. The molecule has 13 heavy (non-hydrogen) atoms. The van der Waals surface area contributed by atoms with Crippen LogP contribution in [0.4, 0.5) is 0 Å². The van der Waals surface area contributed by atoms with Gasteiger partial charge in [0.2, 0.25) is 0 Å². The number of carbonyl (C=O) groups excluding carboxylic acids is 1. The largest absolute Gasteiger partial charge is 0.371 e. The molecule has 2 heteroatoms. The van der Waals surface area contributed by atoms with Gasteiger partial charge in [-0.1, -0.05) is 13.0 Å². The summed E-state index contributed by atoms with van der Waals surface area (Å²) in [7, 11) is 0. The first-order valence-electron chi connectivity index (χ1n) is 4.87. The molecule has 0 aromatic heterocycles. The number of hydrogen-bond acceptors (Lipinski definition) is 2. The Bertz CT molecular complexity index is 230. The third-order valence-corrected chi connectivity index (χ3v) is 2.20. The maximum Gasteiger partial charge on any atom is 0.157 e. The highest BCUT2D eigenvalue weighted by Gasteiger charge is 2.16. The highest BCUT2D eigenvalue weighted by atomic mass is 16.1. The topological polar surface area (TPSA) is 20.3 Å². The highest BCUT2D eigenvalue weighted by Crippen LogP contribution is 2.19. The Morgan fingerprint density at radius 2 is 2.38 bits per heavy atom. The lowest BCUT2D eigenvalue weighted by molar-refractivity contribution is -0.114. The van der Waals surface area contributed by atoms with E-state index >= 15 is 0 Å². The summed E-state index contributed by atoms with van der Waals surface area (Å²) >= 11 is 0. The number of rotatable bonds is 5. The highest BCUT2D eigenvalue weighted by molar-refractivity contribution is 5.92. The lowest BCUT2D eigenvalue weighted by Gasteiger charge is -2.23. The van der Waals surface area contributed by atoms with E-state index in [-0.39, 0.29) is 5.78 Å². The fraction of sp³-hybridized carbons (Fsp3) is 0.545. The molecule has 1 rings (SSSR count). The molecule has 0 bridgehead atoms. The van der Waals surface area contributed by atoms with Crippen molar-refractivity contribution < 1.29 is 4.79 Å². The van der Waals surface area contributed by atoms with E-state index in [2.05, 4.69) is 18.4 Å². The molecule has 0 radical (unpaired) electrons. The fourth-order valence-electron chi connectivity index (χ4n) is 1.61. The molecular weight excluding hydrogens is 162 g/mol. The zero-order valence-corrected chi connectivity index (χ0v) is 8.25. The van der Waals surface area contributed by atoms with Gasteiger partial charge in [-0.3, -0.25) is 4.79 Å². The van der Waals surface area contributed by atoms with Crippen molar-refractivity contribution in [2.45, 2.75) is 26.2 Å². The van der Waals surface area contributed by atoms with Gasteiger partial charge in [-0.15, -0.1) is 6.58 Å². The predicted octanol–water partition coefficient (Wildman–Crippen LogP) is 2.13. The summed E-state index contributed by atoms with van der Waals surface area (Å²) in [6, 6.07) is 0. The van der Waals surface area contributed by atoms with Crippen LogP contribution in [0.25, 0.3) is 0 Å². The van der Waals surface area contributed by atoms with Crippen molar-refractivity contribution in [2.75, 3.05) is 13.1 Å². The molecule has 0 aliphatic heterocycles. The van der Waals surface area contributed by atoms with E-state index < -0.39 is 0 Å². The minimum atomic E-state index is 0.264. The van der Waals surface area contributed by atoms with Gasteiger partial charge in [-0.05, 0) is 12.8 Å². The predicted molar refractivity (Wildman–Crippen MR) is 54.4 cm³/mol. The second-order valence-electron chi connectivity index (χ2n) is 3.34. The molecule has 0 unspecified atom stereocenters. The molecular formula is C11H17NO. The zero-order valence-electron chi connectivity index (χ0n) is 8.25. The lowest BCUT2D eigenvalue weighted by Crippen LogP contribution is -2.23. The third kappa shape index (κ3) is 2.72. The van der Waals surface area contributed by atoms with Crippen LogP contribution in [0, 0.1) is 0 Å². The molecule has 0 aromatic rings. The van der Waals surface area contributed by atoms with Gasteiger partial charge < -0.3 is 4.90 Å². The van der Waals surface area contributed by atoms with Crippen LogP contribution < -0.4 is 0 Å². The van der Waals surface area contributed by atoms with E-state index in [1.54, 1.807) is 6.08 Å². The van der Waals surface area contributed by atoms with Crippen molar-refractivity contribution in [3.63, 3.8) is 0 Å². The van der Waals surface area contributed by atoms with Crippen molar-refractivity contribution in [1.82, 2.24) is 4.90 Å². The van der Waals surface area contributed by atoms with E-state index in [0.717, 1.165) is 25.9 Å². The summed E-state index contributed by atoms with van der Waals surface area (Å²) in [5.74, 6) is 0.264. The first-order chi connectivity index (χ1) is 6.27. The lowest BCUT2D eigenvalue weighted by atomic mass is 10.3. The van der Waals surface area contributed by atoms with Crippen LogP contribution in [0.5, 0.6) is 0 Å². The van der Waals surface area contributed by atoms with E-state index in [4.69, 9.17) is 0 Å². The second-order valence-corrected chi connectivity index (χ2v) is 3.34. The normalized spacial score (nSPS) is 15.8. The maximum atomic E-state index is 11.0. The molecule has 0 saturated heterocycles. The summed E-state index contributed by atoms with van der Waals surface area (Å²) in [6.45, 7) is 7.74. The number of nitrogens with zero attached hydrogens (tertiary/aromatic N) is 1. The van der Waals surface area contributed by atoms with E-state index in [1.165, 1.54) is 5.70 Å². The molecule has 0 fully saturated rings. The van der Waals surface area contributed by atoms with Crippen LogP contribution in [-0.2, 0) is 4.79 Å². The Morgan fingerprint density at radius 3 is 2.85 bits per heavy atom. The molecule has 0 atom stereocenters. The van der Waals surface area contributed by atoms with Gasteiger partial charge in [0.25, 0.3) is 0 Å². The number of carbonyl (C=O) groups is 1. The Labute approximate surface area is 79.9 Å². The van der Waals surface area contributed by atoms with Crippen molar-refractivity contribution in [3.05, 3.63) is 24.4 Å². The maximum absolute atomic E-state index is 11.0. The quantitative estimate of drug-likeness (QED) is 0.603. The minimum Gasteiger partial charge on any atom is -0.371 e. The van der Waals surface area contributed by atoms with Crippen LogP contribution in [0.3, 0.4) is 0 Å². The Hall–Kier alpha value is -1.05. The van der Waals surface area contributed by atoms with Gasteiger partial charge in [-0.2, -0.15) is 0 Å². The number of hydrogen-bond donors (Lipinski definition) is 0. The van der Waals surface area contributed by atoms with E-state index in [9.17, 15) is 4.79 Å². The Kier molecular flexibility index (Phi) is 3.74. The van der Waals surface area contributed by atoms with Crippen LogP contribution >= 0.6 is 0 Å². The molecule has 0 aromatic carbocycles. The van der Waals surface area contributed by atoms with Gasteiger partial charge in [0.15, 0.2) is 5.78 Å². The molecule has 1 aliphatic carbocycles. The summed E-state index contributed by atoms with van der Waals surface area (Å²) in [4.78, 5) is 13.3. The zero-order chi connectivity index (χ0) is 9.68. The molecule has 0 N–H and O–H groups in total. The van der Waals surface area contributed by atoms with Gasteiger partial charge in [0.1, 0.15) is 0 Å². The first-order valence-corrected chi connectivity index (χ1v) is 4.87. The van der Waals surface area contributed by atoms with Crippen molar-refractivity contribution in [3.8, 4) is 0 Å². The average molecular weight is 179 g/mol. The summed E-state index contributed by atoms with van der Waals surface area (Å²) in [6.07, 6.45) is 6.37. The van der Waals surface area contributed by atoms with Crippen molar-refractivity contribution >= 4 is 5.78 Å². The van der Waals surface area contributed by atoms with Gasteiger partial charge in [0.05, 0.1) is 0 Å². The van der Waals surface area contributed by atoms with E-state index in [0.29, 0.717) is 6.42 Å². The molecule has 0 heterocycles. The second kappa shape index (κ2) is 4.85. The van der Waals surface area contributed by atoms with Gasteiger partial charge in [-0.25, -0.2) is 0 Å². The smallest absolute Gasteiger partial charge is 0.157 e. The molecule has 2 nitrogen and oxygen atoms in total. The SMILES string of the molecule is C=CCN(CCC)C1=CC(=O)CC1. The molecule has 72 valence electrons. The minimum absolute atomic E-state index is 0.264. The molecule has 0 spiro atoms. The van der Waals surface area contributed by atoms with E-state index in [1.807, 2.05) is 6.08 Å². The monoisotopic (exact) mass is 179 g/mol. The van der Waals surface area contributed by atoms with Gasteiger partial charge in [0, 0.05) is 31.3 Å². The summed E-state index contributed by atoms with van der Waals surface area (Å²) in [5, 5.41) is 0. The average Bonchev–Trinajstić information content (AvgIpc) is 2.51. The van der Waals surface area contributed by atoms with Crippen LogP contribution in [0.15, 0.2) is 24.4 Å². The Morgan fingerprint density at radius 1 is 1.62 bits per heavy atom.